The number of amides is 1. The lowest BCUT2D eigenvalue weighted by molar-refractivity contribution is -0.00119. The van der Waals surface area contributed by atoms with E-state index in [9.17, 15) is 4.79 Å². The highest BCUT2D eigenvalue weighted by Crippen LogP contribution is 2.40. The van der Waals surface area contributed by atoms with Gasteiger partial charge in [0.25, 0.3) is 5.91 Å². The van der Waals surface area contributed by atoms with E-state index < -0.39 is 0 Å². The van der Waals surface area contributed by atoms with Crippen LogP contribution < -0.4 is 11.1 Å². The van der Waals surface area contributed by atoms with Gasteiger partial charge in [-0.05, 0) is 61.8 Å². The first-order chi connectivity index (χ1) is 16.6. The van der Waals surface area contributed by atoms with Gasteiger partial charge in [-0.3, -0.25) is 9.69 Å². The second-order valence-electron chi connectivity index (χ2n) is 9.66. The summed E-state index contributed by atoms with van der Waals surface area (Å²) in [5.74, 6) is 0.315. The number of nitrogens with zero attached hydrogens (tertiary/aromatic N) is 2. The fourth-order valence-electron chi connectivity index (χ4n) is 5.45. The molecule has 0 spiro atoms. The molecule has 2 aliphatic heterocycles. The van der Waals surface area contributed by atoms with Gasteiger partial charge in [0, 0.05) is 49.5 Å². The normalized spacial score (nSPS) is 21.1. The van der Waals surface area contributed by atoms with E-state index in [4.69, 9.17) is 15.2 Å². The average molecular weight is 466 g/mol. The van der Waals surface area contributed by atoms with Crippen LogP contribution in [0.2, 0.25) is 0 Å². The minimum atomic E-state index is -0.281. The molecule has 3 heterocycles. The summed E-state index contributed by atoms with van der Waals surface area (Å²) >= 11 is 0. The topological polar surface area (TPSA) is 106 Å². The average Bonchev–Trinajstić information content (AvgIpc) is 3.32. The number of nitrogens with one attached hydrogen (secondary N) is 2. The molecule has 5 rings (SSSR count). The molecule has 1 aromatic heterocycles. The van der Waals surface area contributed by atoms with E-state index in [1.807, 2.05) is 0 Å². The molecular weight excluding hydrogens is 430 g/mol. The second-order valence-corrected chi connectivity index (χ2v) is 9.66. The third kappa shape index (κ3) is 5.04. The summed E-state index contributed by atoms with van der Waals surface area (Å²) in [5, 5.41) is 3.08. The maximum atomic E-state index is 12.9. The van der Waals surface area contributed by atoms with Crippen molar-refractivity contribution in [1.82, 2.24) is 14.9 Å². The molecule has 8 nitrogen and oxygen atoms in total. The maximum Gasteiger partial charge on any atom is 0.291 e. The fraction of sp³-hybridized carbons (Fsp3) is 0.538. The number of H-pyrrole nitrogens is 1. The van der Waals surface area contributed by atoms with Crippen LogP contribution in [-0.2, 0) is 14.9 Å². The highest BCUT2D eigenvalue weighted by atomic mass is 16.5. The van der Waals surface area contributed by atoms with Crippen molar-refractivity contribution in [3.05, 3.63) is 47.4 Å². The van der Waals surface area contributed by atoms with Gasteiger partial charge >= 0.3 is 0 Å². The minimum Gasteiger partial charge on any atom is -0.384 e. The number of ether oxygens (including phenoxy) is 2. The third-order valence-corrected chi connectivity index (χ3v) is 7.41. The van der Waals surface area contributed by atoms with Crippen molar-refractivity contribution in [1.29, 1.82) is 0 Å². The van der Waals surface area contributed by atoms with E-state index in [2.05, 4.69) is 44.5 Å². The monoisotopic (exact) mass is 465 g/mol. The van der Waals surface area contributed by atoms with Gasteiger partial charge in [-0.2, -0.15) is 0 Å². The summed E-state index contributed by atoms with van der Waals surface area (Å²) in [6.07, 6.45) is 10.3. The Morgan fingerprint density at radius 2 is 1.94 bits per heavy atom. The summed E-state index contributed by atoms with van der Waals surface area (Å²) in [6.45, 7) is 6.11. The Bertz CT molecular complexity index is 1030. The SMILES string of the molecule is Nc1cnc(C(=O)Nc2ccc(C3(CN4CCOCC4)CCOCC3)cc2C2=CCCCC2)[nH]1. The predicted molar refractivity (Wildman–Crippen MR) is 133 cm³/mol. The van der Waals surface area contributed by atoms with E-state index in [-0.39, 0.29) is 17.1 Å². The molecule has 1 aliphatic carbocycles. The van der Waals surface area contributed by atoms with E-state index in [0.29, 0.717) is 5.82 Å². The molecule has 3 aliphatic rings. The molecule has 0 unspecified atom stereocenters. The summed E-state index contributed by atoms with van der Waals surface area (Å²) in [4.78, 5) is 22.3. The van der Waals surface area contributed by atoms with Gasteiger partial charge in [-0.1, -0.05) is 12.1 Å². The smallest absolute Gasteiger partial charge is 0.291 e. The number of hydrogen-bond acceptors (Lipinski definition) is 6. The molecule has 8 heteroatoms. The van der Waals surface area contributed by atoms with Crippen LogP contribution in [0.4, 0.5) is 11.5 Å². The van der Waals surface area contributed by atoms with Crippen molar-refractivity contribution < 1.29 is 14.3 Å². The Hall–Kier alpha value is -2.68. The van der Waals surface area contributed by atoms with Crippen LogP contribution in [0.1, 0.15) is 60.3 Å². The molecule has 2 saturated heterocycles. The largest absolute Gasteiger partial charge is 0.384 e. The van der Waals surface area contributed by atoms with Gasteiger partial charge in [0.2, 0.25) is 0 Å². The zero-order valence-electron chi connectivity index (χ0n) is 19.8. The number of aromatic nitrogens is 2. The number of nitrogens with two attached hydrogens (primary N) is 1. The Morgan fingerprint density at radius 3 is 2.65 bits per heavy atom. The molecule has 2 fully saturated rings. The van der Waals surface area contributed by atoms with E-state index >= 15 is 0 Å². The lowest BCUT2D eigenvalue weighted by Crippen LogP contribution is -2.48. The Balaban J connectivity index is 1.49. The Kier molecular flexibility index (Phi) is 6.99. The molecule has 2 aromatic rings. The minimum absolute atomic E-state index is 0.0393. The first-order valence-electron chi connectivity index (χ1n) is 12.5. The predicted octanol–water partition coefficient (Wildman–Crippen LogP) is 3.58. The maximum absolute atomic E-state index is 12.9. The van der Waals surface area contributed by atoms with Gasteiger partial charge in [-0.15, -0.1) is 0 Å². The summed E-state index contributed by atoms with van der Waals surface area (Å²) in [5.41, 5.74) is 10.4. The number of hydrogen-bond donors (Lipinski definition) is 3. The molecule has 0 bridgehead atoms. The van der Waals surface area contributed by atoms with Crippen molar-refractivity contribution in [2.45, 2.75) is 43.9 Å². The number of aromatic amines is 1. The first-order valence-corrected chi connectivity index (χ1v) is 12.5. The number of imidazole rings is 1. The fourth-order valence-corrected chi connectivity index (χ4v) is 5.45. The van der Waals surface area contributed by atoms with Crippen molar-refractivity contribution in [2.24, 2.45) is 0 Å². The molecule has 34 heavy (non-hydrogen) atoms. The van der Waals surface area contributed by atoms with Gasteiger partial charge in [0.1, 0.15) is 5.82 Å². The molecule has 4 N–H and O–H groups in total. The number of rotatable bonds is 6. The summed E-state index contributed by atoms with van der Waals surface area (Å²) in [7, 11) is 0. The van der Waals surface area contributed by atoms with E-state index in [1.165, 1.54) is 30.2 Å². The Morgan fingerprint density at radius 1 is 1.15 bits per heavy atom. The van der Waals surface area contributed by atoms with Gasteiger partial charge in [0.15, 0.2) is 5.82 Å². The number of anilines is 2. The van der Waals surface area contributed by atoms with Crippen molar-refractivity contribution in [3.8, 4) is 0 Å². The zero-order chi connectivity index (χ0) is 23.4. The van der Waals surface area contributed by atoms with Crippen molar-refractivity contribution in [3.63, 3.8) is 0 Å². The number of nitrogen functional groups attached to an aromatic ring is 1. The first kappa shape index (κ1) is 23.1. The standard InChI is InChI=1S/C26H35N5O3/c27-23-17-28-24(30-23)25(32)29-22-7-6-20(16-21(22)19-4-2-1-3-5-19)26(8-12-33-13-9-26)18-31-10-14-34-15-11-31/h4,6-7,16-17H,1-3,5,8-15,18,27H2,(H,28,30)(H,29,32). The summed E-state index contributed by atoms with van der Waals surface area (Å²) in [6, 6.07) is 6.60. The highest BCUT2D eigenvalue weighted by Gasteiger charge is 2.37. The molecular formula is C26H35N5O3. The second kappa shape index (κ2) is 10.3. The lowest BCUT2D eigenvalue weighted by Gasteiger charge is -2.43. The van der Waals surface area contributed by atoms with Gasteiger partial charge in [-0.25, -0.2) is 4.98 Å². The molecule has 0 radical (unpaired) electrons. The number of carbonyl (C=O) groups excluding carboxylic acids is 1. The molecule has 0 saturated carbocycles. The van der Waals surface area contributed by atoms with E-state index in [1.54, 1.807) is 0 Å². The quantitative estimate of drug-likeness (QED) is 0.602. The van der Waals surface area contributed by atoms with Crippen LogP contribution >= 0.6 is 0 Å². The van der Waals surface area contributed by atoms with Crippen LogP contribution in [0.15, 0.2) is 30.5 Å². The summed E-state index contributed by atoms with van der Waals surface area (Å²) < 4.78 is 11.4. The zero-order valence-corrected chi connectivity index (χ0v) is 19.8. The van der Waals surface area contributed by atoms with Crippen LogP contribution in [0, 0.1) is 0 Å². The lowest BCUT2D eigenvalue weighted by atomic mass is 9.72. The van der Waals surface area contributed by atoms with Crippen molar-refractivity contribution >= 4 is 23.0 Å². The van der Waals surface area contributed by atoms with Crippen LogP contribution in [0.25, 0.3) is 5.57 Å². The molecule has 1 aromatic carbocycles. The van der Waals surface area contributed by atoms with Crippen molar-refractivity contribution in [2.75, 3.05) is 57.1 Å². The van der Waals surface area contributed by atoms with Crippen LogP contribution in [0.5, 0.6) is 0 Å². The van der Waals surface area contributed by atoms with Gasteiger partial charge in [0.05, 0.1) is 19.4 Å². The Labute approximate surface area is 200 Å². The third-order valence-electron chi connectivity index (χ3n) is 7.41. The molecule has 0 atom stereocenters. The number of morpholine rings is 1. The molecule has 182 valence electrons. The van der Waals surface area contributed by atoms with E-state index in [0.717, 1.165) is 83.0 Å². The number of benzene rings is 1. The number of allylic oxidation sites excluding steroid dienone is 2. The van der Waals surface area contributed by atoms with Gasteiger partial charge < -0.3 is 25.5 Å². The molecule has 1 amide bonds. The highest BCUT2D eigenvalue weighted by molar-refractivity contribution is 6.03. The van der Waals surface area contributed by atoms with Crippen LogP contribution in [-0.4, -0.2) is 66.8 Å². The van der Waals surface area contributed by atoms with Crippen LogP contribution in [0.3, 0.4) is 0 Å². The number of carbonyl (C=O) groups is 1.